The summed E-state index contributed by atoms with van der Waals surface area (Å²) in [5.41, 5.74) is 5.98. The fraction of sp³-hybridized carbons (Fsp3) is 0.333. The van der Waals surface area contributed by atoms with Crippen molar-refractivity contribution in [1.29, 1.82) is 0 Å². The lowest BCUT2D eigenvalue weighted by Crippen LogP contribution is -2.34. The van der Waals surface area contributed by atoms with E-state index < -0.39 is 29.2 Å². The molecule has 0 bridgehead atoms. The van der Waals surface area contributed by atoms with Crippen LogP contribution in [0.25, 0.3) is 86.2 Å². The highest BCUT2D eigenvalue weighted by atomic mass is 16.6. The van der Waals surface area contributed by atoms with Gasteiger partial charge in [0.2, 0.25) is 0 Å². The van der Waals surface area contributed by atoms with Gasteiger partial charge < -0.3 is 28.4 Å². The van der Waals surface area contributed by atoms with Crippen molar-refractivity contribution in [3.05, 3.63) is 69.8 Å². The van der Waals surface area contributed by atoms with Crippen molar-refractivity contribution in [3.63, 3.8) is 0 Å². The minimum atomic E-state index is -1.51. The zero-order valence-corrected chi connectivity index (χ0v) is 29.5. The van der Waals surface area contributed by atoms with Crippen molar-refractivity contribution in [2.75, 3.05) is 67.1 Å². The van der Waals surface area contributed by atoms with Crippen LogP contribution in [0.1, 0.15) is 45.2 Å². The third-order valence-corrected chi connectivity index (χ3v) is 13.5. The maximum absolute atomic E-state index is 14.6. The summed E-state index contributed by atoms with van der Waals surface area (Å²) in [6, 6.07) is 14.2. The fourth-order valence-corrected chi connectivity index (χ4v) is 11.9. The number of rotatable bonds is 14. The van der Waals surface area contributed by atoms with Crippen LogP contribution in [0.3, 0.4) is 0 Å². The Balaban J connectivity index is 1.05. The summed E-state index contributed by atoms with van der Waals surface area (Å²) >= 11 is 0. The summed E-state index contributed by atoms with van der Waals surface area (Å²) in [7, 11) is 3.24. The van der Waals surface area contributed by atoms with Gasteiger partial charge in [0.15, 0.2) is 5.41 Å². The molecule has 0 N–H and O–H groups in total. The van der Waals surface area contributed by atoms with E-state index in [9.17, 15) is 9.59 Å². The lowest BCUT2D eigenvalue weighted by atomic mass is 9.87. The molecule has 8 nitrogen and oxygen atoms in total. The highest BCUT2D eigenvalue weighted by molar-refractivity contribution is 6.58. The van der Waals surface area contributed by atoms with Crippen LogP contribution in [0, 0.1) is 5.41 Å². The molecule has 1 fully saturated rings. The first kappa shape index (κ1) is 29.6. The Morgan fingerprint density at radius 1 is 0.491 bits per heavy atom. The van der Waals surface area contributed by atoms with Crippen molar-refractivity contribution in [3.8, 4) is 0 Å². The van der Waals surface area contributed by atoms with E-state index in [1.807, 2.05) is 0 Å². The van der Waals surface area contributed by atoms with Crippen LogP contribution in [0.4, 0.5) is 0 Å². The minimum Gasteiger partial charge on any atom is -0.462 e. The van der Waals surface area contributed by atoms with Gasteiger partial charge in [0, 0.05) is 26.1 Å². The SMILES string of the molecule is COCCOCCOC(=O)C1(C(=O)OCCOCCOC)[C@@H]2c3cc4c5c6c(cc7ccc8cc9c%10c%11c(cc(c%12c3c5c(c%12%11)c3c6c7c8c%103)[C@@H]21)C9)C4. The monoisotopic (exact) mass is 702 g/mol. The zero-order valence-electron chi connectivity index (χ0n) is 29.5. The normalized spacial score (nSPS) is 19.1. The molecular formula is C45H34O8. The van der Waals surface area contributed by atoms with Crippen LogP contribution < -0.4 is 0 Å². The second kappa shape index (κ2) is 9.81. The molecule has 0 aromatic heterocycles. The van der Waals surface area contributed by atoms with Crippen LogP contribution in [-0.2, 0) is 50.9 Å². The lowest BCUT2D eigenvalue weighted by Gasteiger charge is -2.17. The Morgan fingerprint density at radius 3 is 1.30 bits per heavy atom. The molecule has 13 rings (SSSR count). The molecule has 0 radical (unpaired) electrons. The molecule has 4 aliphatic carbocycles. The van der Waals surface area contributed by atoms with Gasteiger partial charge in [0.1, 0.15) is 13.2 Å². The highest BCUT2D eigenvalue weighted by Crippen LogP contribution is 2.77. The Bertz CT molecular complexity index is 2850. The standard InChI is InChI=1S/C45H34O8/c1-48-5-7-50-9-11-52-43(46)45(44(47)53-12-10-51-8-6-49-2)41-25-17-23-15-21-13-19-3-4-20-14-22-16-24-18-26(42(41)45)34-33(25)37-31(23)29(21)35-27(19)28(20)36-30(22)32(24)38(34)40(37)39(35)36/h3-4,13-14,17-18,41-42H,5-12,15-16H2,1-2H3/t41-,42+. The molecule has 53 heavy (non-hydrogen) atoms. The van der Waals surface area contributed by atoms with Crippen LogP contribution in [0.2, 0.25) is 0 Å². The van der Waals surface area contributed by atoms with Crippen LogP contribution in [0.15, 0.2) is 36.4 Å². The molecule has 2 atom stereocenters. The molecule has 0 spiro atoms. The summed E-state index contributed by atoms with van der Waals surface area (Å²) in [6.45, 7) is 2.20. The van der Waals surface area contributed by atoms with Crippen LogP contribution in [0.5, 0.6) is 0 Å². The molecule has 4 aliphatic rings. The van der Waals surface area contributed by atoms with Gasteiger partial charge in [0.25, 0.3) is 0 Å². The van der Waals surface area contributed by atoms with Crippen molar-refractivity contribution in [2.24, 2.45) is 5.41 Å². The predicted molar refractivity (Wildman–Crippen MR) is 203 cm³/mol. The van der Waals surface area contributed by atoms with Gasteiger partial charge in [0.05, 0.1) is 39.6 Å². The topological polar surface area (TPSA) is 89.5 Å². The molecule has 8 heteroatoms. The smallest absolute Gasteiger partial charge is 0.324 e. The average Bonchev–Trinajstić information content (AvgIpc) is 3.46. The van der Waals surface area contributed by atoms with E-state index in [2.05, 4.69) is 36.4 Å². The second-order valence-corrected chi connectivity index (χ2v) is 15.7. The van der Waals surface area contributed by atoms with E-state index in [0.29, 0.717) is 26.4 Å². The van der Waals surface area contributed by atoms with E-state index in [1.54, 1.807) is 14.2 Å². The van der Waals surface area contributed by atoms with Gasteiger partial charge in [-0.3, -0.25) is 9.59 Å². The highest BCUT2D eigenvalue weighted by Gasteiger charge is 2.79. The number of ether oxygens (including phenoxy) is 6. The minimum absolute atomic E-state index is 0.0392. The summed E-state index contributed by atoms with van der Waals surface area (Å²) in [6.07, 6.45) is 1.66. The Hall–Kier alpha value is -4.86. The van der Waals surface area contributed by atoms with Gasteiger partial charge in [-0.05, 0) is 132 Å². The molecule has 262 valence electrons. The van der Waals surface area contributed by atoms with E-state index in [4.69, 9.17) is 28.4 Å². The number of methoxy groups -OCH3 is 2. The first-order valence-corrected chi connectivity index (χ1v) is 18.8. The van der Waals surface area contributed by atoms with Gasteiger partial charge in [-0.15, -0.1) is 0 Å². The predicted octanol–water partition coefficient (Wildman–Crippen LogP) is 7.50. The van der Waals surface area contributed by atoms with Gasteiger partial charge in [-0.2, -0.15) is 0 Å². The average molecular weight is 703 g/mol. The zero-order chi connectivity index (χ0) is 35.1. The third kappa shape index (κ3) is 3.17. The molecule has 1 saturated carbocycles. The van der Waals surface area contributed by atoms with Crippen molar-refractivity contribution in [2.45, 2.75) is 24.7 Å². The number of carbonyl (C=O) groups excluding carboxylic acids is 2. The van der Waals surface area contributed by atoms with E-state index in [1.165, 1.54) is 108 Å². The first-order valence-electron chi connectivity index (χ1n) is 18.8. The number of carbonyl (C=O) groups is 2. The number of esters is 2. The summed E-state index contributed by atoms with van der Waals surface area (Å²) in [5, 5.41) is 21.8. The molecule has 9 aromatic carbocycles. The van der Waals surface area contributed by atoms with Crippen LogP contribution >= 0.6 is 0 Å². The largest absolute Gasteiger partial charge is 0.462 e. The summed E-state index contributed by atoms with van der Waals surface area (Å²) < 4.78 is 33.4. The van der Waals surface area contributed by atoms with Crippen LogP contribution in [-0.4, -0.2) is 79.0 Å². The van der Waals surface area contributed by atoms with Crippen molar-refractivity contribution >= 4 is 98.1 Å². The van der Waals surface area contributed by atoms with Gasteiger partial charge in [-0.25, -0.2) is 0 Å². The molecule has 0 saturated heterocycles. The van der Waals surface area contributed by atoms with Gasteiger partial charge >= 0.3 is 11.9 Å². The maximum atomic E-state index is 14.6. The molecular weight excluding hydrogens is 668 g/mol. The molecule has 0 amide bonds. The number of hydrogen-bond donors (Lipinski definition) is 0. The third-order valence-electron chi connectivity index (χ3n) is 13.5. The Labute approximate surface area is 302 Å². The van der Waals surface area contributed by atoms with Gasteiger partial charge in [-0.1, -0.05) is 36.4 Å². The Kier molecular flexibility index (Phi) is 5.47. The van der Waals surface area contributed by atoms with E-state index >= 15 is 0 Å². The number of benzene rings is 7. The second-order valence-electron chi connectivity index (χ2n) is 15.7. The number of fused-ring (bicyclic) bond motifs is 3. The molecule has 0 aliphatic heterocycles. The molecule has 0 unspecified atom stereocenters. The van der Waals surface area contributed by atoms with Crippen molar-refractivity contribution in [1.82, 2.24) is 0 Å². The fourth-order valence-electron chi connectivity index (χ4n) is 11.9. The Morgan fingerprint density at radius 2 is 0.868 bits per heavy atom. The summed E-state index contributed by atoms with van der Waals surface area (Å²) in [4.78, 5) is 29.3. The summed E-state index contributed by atoms with van der Waals surface area (Å²) in [5.74, 6) is -1.87. The molecule has 9 aromatic rings. The first-order chi connectivity index (χ1) is 26.1. The lowest BCUT2D eigenvalue weighted by molar-refractivity contribution is -0.167. The maximum Gasteiger partial charge on any atom is 0.324 e. The van der Waals surface area contributed by atoms with E-state index in [0.717, 1.165) is 24.0 Å². The molecule has 0 heterocycles. The quantitative estimate of drug-likeness (QED) is 0.0498. The van der Waals surface area contributed by atoms with E-state index in [-0.39, 0.29) is 26.4 Å². The number of hydrogen-bond acceptors (Lipinski definition) is 8. The van der Waals surface area contributed by atoms with Crippen molar-refractivity contribution < 1.29 is 38.0 Å².